The first-order valence-corrected chi connectivity index (χ1v) is 16.4. The number of anilines is 4. The second kappa shape index (κ2) is 16.7. The molecule has 6 aromatic rings. The molecule has 3 N–H and O–H groups in total. The van der Waals surface area contributed by atoms with Gasteiger partial charge in [-0.1, -0.05) is 90.5 Å². The molecule has 0 spiro atoms. The van der Waals surface area contributed by atoms with E-state index in [9.17, 15) is 20.1 Å². The Hall–Kier alpha value is -6.53. The zero-order valence-electron chi connectivity index (χ0n) is 27.8. The fourth-order valence-electron chi connectivity index (χ4n) is 5.16. The van der Waals surface area contributed by atoms with Crippen molar-refractivity contribution >= 4 is 34.4 Å². The normalized spacial score (nSPS) is 10.3. The van der Waals surface area contributed by atoms with Crippen molar-refractivity contribution in [3.05, 3.63) is 152 Å². The van der Waals surface area contributed by atoms with Gasteiger partial charge in [0.2, 0.25) is 0 Å². The first kappa shape index (κ1) is 35.8. The minimum Gasteiger partial charge on any atom is -0.392 e. The lowest BCUT2D eigenvalue weighted by molar-refractivity contribution is 0.282. The van der Waals surface area contributed by atoms with Crippen LogP contribution in [0, 0.1) is 22.7 Å². The van der Waals surface area contributed by atoms with E-state index < -0.39 is 0 Å². The standard InChI is InChI=1S/C20H18N4O2.C19H15ClN4O/c1-2-24-20(26)19(22-16-10-8-14(13-25)9-11-16)17(12-21)18(23-24)15-6-4-3-5-7-15;1-2-24-19(25)18(22-15-10-6-9-14(20)11-15)16(12-21)17(23-24)13-7-4-3-5-8-13/h3-11,22,25H,2,13H2,1H3;3-11,22H,2H2,1H3. The summed E-state index contributed by atoms with van der Waals surface area (Å²) in [4.78, 5) is 25.4. The number of rotatable bonds is 9. The van der Waals surface area contributed by atoms with Crippen LogP contribution in [0.3, 0.4) is 0 Å². The third-order valence-electron chi connectivity index (χ3n) is 7.73. The van der Waals surface area contributed by atoms with Gasteiger partial charge in [0.05, 0.1) is 6.61 Å². The molecule has 0 aliphatic heterocycles. The Kier molecular flexibility index (Phi) is 11.7. The lowest BCUT2D eigenvalue weighted by Crippen LogP contribution is -2.26. The van der Waals surface area contributed by atoms with E-state index >= 15 is 0 Å². The summed E-state index contributed by atoms with van der Waals surface area (Å²) in [5.74, 6) is 0. The van der Waals surface area contributed by atoms with Gasteiger partial charge < -0.3 is 15.7 Å². The van der Waals surface area contributed by atoms with Gasteiger partial charge >= 0.3 is 0 Å². The van der Waals surface area contributed by atoms with E-state index in [1.54, 1.807) is 48.5 Å². The van der Waals surface area contributed by atoms with Gasteiger partial charge in [-0.3, -0.25) is 9.59 Å². The maximum absolute atomic E-state index is 12.7. The van der Waals surface area contributed by atoms with Crippen LogP contribution in [0.1, 0.15) is 30.5 Å². The van der Waals surface area contributed by atoms with E-state index in [1.165, 1.54) is 9.36 Å². The molecule has 0 fully saturated rings. The Morgan fingerprint density at radius 2 is 1.14 bits per heavy atom. The minimum atomic E-state index is -0.352. The van der Waals surface area contributed by atoms with E-state index in [2.05, 4.69) is 33.0 Å². The van der Waals surface area contributed by atoms with Gasteiger partial charge in [-0.15, -0.1) is 0 Å². The lowest BCUT2D eigenvalue weighted by Gasteiger charge is -2.14. The highest BCUT2D eigenvalue weighted by molar-refractivity contribution is 6.30. The van der Waals surface area contributed by atoms with Crippen molar-refractivity contribution in [3.8, 4) is 34.7 Å². The molecule has 4 aromatic carbocycles. The maximum atomic E-state index is 12.7. The van der Waals surface area contributed by atoms with E-state index in [4.69, 9.17) is 16.7 Å². The molecule has 0 unspecified atom stereocenters. The smallest absolute Gasteiger partial charge is 0.291 e. The van der Waals surface area contributed by atoms with Crippen LogP contribution in [-0.2, 0) is 19.7 Å². The average molecular weight is 697 g/mol. The van der Waals surface area contributed by atoms with E-state index in [1.807, 2.05) is 74.5 Å². The molecule has 2 aromatic heterocycles. The number of benzene rings is 4. The van der Waals surface area contributed by atoms with Gasteiger partial charge in [0.15, 0.2) is 0 Å². The molecule has 12 heteroatoms. The summed E-state index contributed by atoms with van der Waals surface area (Å²) in [7, 11) is 0. The molecule has 254 valence electrons. The number of halogens is 1. The average Bonchev–Trinajstić information content (AvgIpc) is 3.17. The van der Waals surface area contributed by atoms with Crippen molar-refractivity contribution in [3.63, 3.8) is 0 Å². The Balaban J connectivity index is 0.000000198. The fraction of sp³-hybridized carbons (Fsp3) is 0.128. The number of aliphatic hydroxyl groups excluding tert-OH is 1. The van der Waals surface area contributed by atoms with Crippen LogP contribution in [0.4, 0.5) is 22.7 Å². The van der Waals surface area contributed by atoms with Gasteiger partial charge in [0, 0.05) is 40.6 Å². The van der Waals surface area contributed by atoms with Crippen LogP contribution in [0.5, 0.6) is 0 Å². The molecule has 0 atom stereocenters. The number of aromatic nitrogens is 4. The van der Waals surface area contributed by atoms with Crippen molar-refractivity contribution < 1.29 is 5.11 Å². The molecule has 0 saturated heterocycles. The SMILES string of the molecule is CCn1nc(-c2ccccc2)c(C#N)c(Nc2ccc(CO)cc2)c1=O.CCn1nc(-c2ccccc2)c(C#N)c(Nc2cccc(Cl)c2)c1=O. The van der Waals surface area contributed by atoms with Gasteiger partial charge in [-0.25, -0.2) is 9.36 Å². The summed E-state index contributed by atoms with van der Waals surface area (Å²) in [5.41, 5.74) is 4.63. The van der Waals surface area contributed by atoms with Crippen molar-refractivity contribution in [2.45, 2.75) is 33.5 Å². The lowest BCUT2D eigenvalue weighted by atomic mass is 10.1. The van der Waals surface area contributed by atoms with Crippen LogP contribution >= 0.6 is 11.6 Å². The highest BCUT2D eigenvalue weighted by Crippen LogP contribution is 2.28. The Morgan fingerprint density at radius 1 is 0.667 bits per heavy atom. The van der Waals surface area contributed by atoms with Gasteiger partial charge in [-0.2, -0.15) is 20.7 Å². The Morgan fingerprint density at radius 3 is 1.55 bits per heavy atom. The number of aliphatic hydroxyl groups is 1. The quantitative estimate of drug-likeness (QED) is 0.142. The molecule has 2 heterocycles. The first-order chi connectivity index (χ1) is 24.8. The summed E-state index contributed by atoms with van der Waals surface area (Å²) in [6.07, 6.45) is 0. The second-order valence-corrected chi connectivity index (χ2v) is 11.4. The number of aryl methyl sites for hydroxylation is 2. The number of hydrogen-bond acceptors (Lipinski definition) is 9. The van der Waals surface area contributed by atoms with E-state index in [-0.39, 0.29) is 40.2 Å². The van der Waals surface area contributed by atoms with Gasteiger partial charge in [-0.05, 0) is 49.7 Å². The number of hydrogen-bond donors (Lipinski definition) is 3. The van der Waals surface area contributed by atoms with Crippen molar-refractivity contribution in [2.24, 2.45) is 0 Å². The zero-order valence-corrected chi connectivity index (χ0v) is 28.6. The topological polar surface area (TPSA) is 162 Å². The number of nitrogens with zero attached hydrogens (tertiary/aromatic N) is 6. The van der Waals surface area contributed by atoms with Crippen molar-refractivity contribution in [1.82, 2.24) is 19.6 Å². The van der Waals surface area contributed by atoms with E-state index in [0.29, 0.717) is 40.9 Å². The molecule has 0 radical (unpaired) electrons. The summed E-state index contributed by atoms with van der Waals surface area (Å²) in [5, 5.41) is 43.9. The maximum Gasteiger partial charge on any atom is 0.291 e. The van der Waals surface area contributed by atoms with Crippen LogP contribution in [0.25, 0.3) is 22.5 Å². The highest BCUT2D eigenvalue weighted by Gasteiger charge is 2.20. The number of nitrogens with one attached hydrogen (secondary N) is 2. The zero-order chi connectivity index (χ0) is 36.3. The molecule has 0 bridgehead atoms. The molecule has 11 nitrogen and oxygen atoms in total. The molecule has 0 saturated carbocycles. The molecule has 0 aliphatic carbocycles. The van der Waals surface area contributed by atoms with Crippen LogP contribution in [0.2, 0.25) is 5.02 Å². The van der Waals surface area contributed by atoms with Crippen LogP contribution in [0.15, 0.2) is 119 Å². The van der Waals surface area contributed by atoms with E-state index in [0.717, 1.165) is 16.7 Å². The van der Waals surface area contributed by atoms with Crippen molar-refractivity contribution in [2.75, 3.05) is 10.6 Å². The summed E-state index contributed by atoms with van der Waals surface area (Å²) >= 11 is 6.01. The summed E-state index contributed by atoms with van der Waals surface area (Å²) < 4.78 is 2.68. The fourth-order valence-corrected chi connectivity index (χ4v) is 5.35. The monoisotopic (exact) mass is 696 g/mol. The molecule has 6 rings (SSSR count). The van der Waals surface area contributed by atoms with Crippen LogP contribution in [-0.4, -0.2) is 24.7 Å². The predicted octanol–water partition coefficient (Wildman–Crippen LogP) is 7.24. The van der Waals surface area contributed by atoms with Gasteiger partial charge in [0.25, 0.3) is 11.1 Å². The van der Waals surface area contributed by atoms with Gasteiger partial charge in [0.1, 0.15) is 46.0 Å². The third kappa shape index (κ3) is 8.20. The predicted molar refractivity (Wildman–Crippen MR) is 199 cm³/mol. The molecule has 0 aliphatic rings. The van der Waals surface area contributed by atoms with Crippen molar-refractivity contribution in [1.29, 1.82) is 10.5 Å². The molecular weight excluding hydrogens is 664 g/mol. The largest absolute Gasteiger partial charge is 0.392 e. The first-order valence-electron chi connectivity index (χ1n) is 16.0. The summed E-state index contributed by atoms with van der Waals surface area (Å²) in [6, 6.07) is 36.9. The Bertz CT molecular complexity index is 2350. The molecule has 0 amide bonds. The third-order valence-corrected chi connectivity index (χ3v) is 7.96. The Labute approximate surface area is 299 Å². The van der Waals surface area contributed by atoms with Crippen LogP contribution < -0.4 is 21.8 Å². The molecule has 51 heavy (non-hydrogen) atoms. The second-order valence-electron chi connectivity index (χ2n) is 11.0. The molecular formula is C39H33ClN8O3. The highest BCUT2D eigenvalue weighted by atomic mass is 35.5. The minimum absolute atomic E-state index is 0.0558. The summed E-state index contributed by atoms with van der Waals surface area (Å²) in [6.45, 7) is 4.39. The number of nitriles is 2.